The zero-order valence-corrected chi connectivity index (χ0v) is 9.94. The summed E-state index contributed by atoms with van der Waals surface area (Å²) >= 11 is 0. The maximum Gasteiger partial charge on any atom is 0.106 e. The van der Waals surface area contributed by atoms with Gasteiger partial charge < -0.3 is 10.1 Å². The quantitative estimate of drug-likeness (QED) is 0.838. The molecule has 3 unspecified atom stereocenters. The van der Waals surface area contributed by atoms with E-state index in [1.165, 1.54) is 23.4 Å². The van der Waals surface area contributed by atoms with Crippen LogP contribution in [0, 0.1) is 5.41 Å². The molecule has 1 saturated carbocycles. The normalized spacial score (nSPS) is 37.1. The Bertz CT molecular complexity index is 511. The second kappa shape index (κ2) is 3.10. The first-order valence-electron chi connectivity index (χ1n) is 6.28. The number of methoxy groups -OCH3 is 1. The highest BCUT2D eigenvalue weighted by Crippen LogP contribution is 2.73. The van der Waals surface area contributed by atoms with Gasteiger partial charge in [-0.1, -0.05) is 24.3 Å². The van der Waals surface area contributed by atoms with Gasteiger partial charge in [-0.2, -0.15) is 0 Å². The summed E-state index contributed by atoms with van der Waals surface area (Å²) in [6.07, 6.45) is 1.38. The number of hydrogen-bond acceptors (Lipinski definition) is 3. The Labute approximate surface area is 101 Å². The summed E-state index contributed by atoms with van der Waals surface area (Å²) in [5, 5.41) is 3.45. The summed E-state index contributed by atoms with van der Waals surface area (Å²) in [4.78, 5) is 4.64. The van der Waals surface area contributed by atoms with Crippen molar-refractivity contribution in [3.05, 3.63) is 35.4 Å². The van der Waals surface area contributed by atoms with Crippen LogP contribution in [0.3, 0.4) is 0 Å². The molecule has 2 aliphatic carbocycles. The minimum atomic E-state index is 0.134. The fourth-order valence-electron chi connectivity index (χ4n) is 3.73. The number of benzene rings is 1. The van der Waals surface area contributed by atoms with Crippen LogP contribution in [0.15, 0.2) is 29.3 Å². The Kier molecular flexibility index (Phi) is 1.76. The van der Waals surface area contributed by atoms with Crippen molar-refractivity contribution in [1.82, 2.24) is 5.32 Å². The first-order valence-corrected chi connectivity index (χ1v) is 6.28. The van der Waals surface area contributed by atoms with E-state index in [1.807, 2.05) is 7.11 Å². The molecule has 0 aromatic heterocycles. The number of ether oxygens (including phenoxy) is 1. The van der Waals surface area contributed by atoms with E-state index in [4.69, 9.17) is 4.74 Å². The monoisotopic (exact) mass is 228 g/mol. The molecule has 0 amide bonds. The molecular formula is C14H16N2O. The van der Waals surface area contributed by atoms with Crippen LogP contribution >= 0.6 is 0 Å². The first kappa shape index (κ1) is 9.66. The topological polar surface area (TPSA) is 33.6 Å². The van der Waals surface area contributed by atoms with Crippen molar-refractivity contribution in [2.75, 3.05) is 20.2 Å². The van der Waals surface area contributed by atoms with E-state index in [-0.39, 0.29) is 11.5 Å². The molecule has 3 nitrogen and oxygen atoms in total. The van der Waals surface area contributed by atoms with Crippen LogP contribution < -0.4 is 5.32 Å². The van der Waals surface area contributed by atoms with Crippen molar-refractivity contribution < 1.29 is 4.74 Å². The van der Waals surface area contributed by atoms with Crippen LogP contribution in [0.2, 0.25) is 0 Å². The molecule has 3 aliphatic rings. The standard InChI is InChI=1S/C14H16N2O/c1-17-12-10-5-3-2-4-9(10)11-8-14(11,12)13-15-6-7-16-13/h2-5,11-12H,6-8H2,1H3,(H,15,16). The number of nitrogens with zero attached hydrogens (tertiary/aromatic N) is 1. The Hall–Kier alpha value is -1.35. The summed E-state index contributed by atoms with van der Waals surface area (Å²) < 4.78 is 5.79. The summed E-state index contributed by atoms with van der Waals surface area (Å²) in [7, 11) is 1.82. The lowest BCUT2D eigenvalue weighted by Gasteiger charge is -2.23. The Morgan fingerprint density at radius 2 is 2.18 bits per heavy atom. The number of fused-ring (bicyclic) bond motifs is 3. The molecule has 1 heterocycles. The van der Waals surface area contributed by atoms with Crippen molar-refractivity contribution in [1.29, 1.82) is 0 Å². The molecule has 1 N–H and O–H groups in total. The van der Waals surface area contributed by atoms with Crippen LogP contribution in [-0.4, -0.2) is 26.0 Å². The van der Waals surface area contributed by atoms with E-state index in [2.05, 4.69) is 34.6 Å². The molecule has 0 bridgehead atoms. The predicted molar refractivity (Wildman–Crippen MR) is 66.3 cm³/mol. The van der Waals surface area contributed by atoms with Crippen LogP contribution in [0.25, 0.3) is 0 Å². The molecule has 0 spiro atoms. The van der Waals surface area contributed by atoms with Gasteiger partial charge in [-0.15, -0.1) is 0 Å². The minimum absolute atomic E-state index is 0.134. The summed E-state index contributed by atoms with van der Waals surface area (Å²) in [5.74, 6) is 1.80. The molecule has 0 radical (unpaired) electrons. The molecule has 17 heavy (non-hydrogen) atoms. The van der Waals surface area contributed by atoms with E-state index in [0.717, 1.165) is 13.1 Å². The van der Waals surface area contributed by atoms with Crippen LogP contribution in [-0.2, 0) is 4.74 Å². The highest BCUT2D eigenvalue weighted by atomic mass is 16.5. The zero-order valence-electron chi connectivity index (χ0n) is 9.94. The largest absolute Gasteiger partial charge is 0.376 e. The van der Waals surface area contributed by atoms with Gasteiger partial charge >= 0.3 is 0 Å². The molecular weight excluding hydrogens is 212 g/mol. The van der Waals surface area contributed by atoms with Crippen LogP contribution in [0.4, 0.5) is 0 Å². The van der Waals surface area contributed by atoms with E-state index < -0.39 is 0 Å². The second-order valence-electron chi connectivity index (χ2n) is 5.20. The molecule has 3 atom stereocenters. The molecule has 88 valence electrons. The van der Waals surface area contributed by atoms with Crippen LogP contribution in [0.5, 0.6) is 0 Å². The van der Waals surface area contributed by atoms with Gasteiger partial charge in [0, 0.05) is 19.6 Å². The number of rotatable bonds is 2. The van der Waals surface area contributed by atoms with E-state index in [1.54, 1.807) is 0 Å². The molecule has 1 aliphatic heterocycles. The number of amidine groups is 1. The summed E-state index contributed by atoms with van der Waals surface area (Å²) in [6.45, 7) is 1.90. The molecule has 1 fully saturated rings. The van der Waals surface area contributed by atoms with Crippen molar-refractivity contribution in [2.45, 2.75) is 18.4 Å². The highest BCUT2D eigenvalue weighted by molar-refractivity contribution is 5.95. The lowest BCUT2D eigenvalue weighted by Crippen LogP contribution is -2.32. The third-order valence-corrected chi connectivity index (χ3v) is 4.48. The average Bonchev–Trinajstić information content (AvgIpc) is 2.78. The van der Waals surface area contributed by atoms with Gasteiger partial charge in [0.05, 0.1) is 18.1 Å². The van der Waals surface area contributed by atoms with E-state index in [0.29, 0.717) is 5.92 Å². The Morgan fingerprint density at radius 3 is 2.88 bits per heavy atom. The molecule has 4 rings (SSSR count). The molecule has 3 heteroatoms. The second-order valence-corrected chi connectivity index (χ2v) is 5.20. The van der Waals surface area contributed by atoms with E-state index in [9.17, 15) is 0 Å². The SMILES string of the molecule is COC1c2ccccc2C2CC21C1=NCCN1. The van der Waals surface area contributed by atoms with Gasteiger partial charge in [-0.25, -0.2) is 0 Å². The fourth-order valence-corrected chi connectivity index (χ4v) is 3.73. The van der Waals surface area contributed by atoms with Gasteiger partial charge in [0.2, 0.25) is 0 Å². The maximum atomic E-state index is 5.79. The van der Waals surface area contributed by atoms with Crippen molar-refractivity contribution in [3.8, 4) is 0 Å². The number of aliphatic imine (C=N–C) groups is 1. The lowest BCUT2D eigenvalue weighted by atomic mass is 9.95. The van der Waals surface area contributed by atoms with Gasteiger partial charge in [-0.05, 0) is 17.5 Å². The van der Waals surface area contributed by atoms with Gasteiger partial charge in [0.1, 0.15) is 5.84 Å². The molecule has 0 saturated heterocycles. The number of hydrogen-bond donors (Lipinski definition) is 1. The highest BCUT2D eigenvalue weighted by Gasteiger charge is 2.69. The average molecular weight is 228 g/mol. The fraction of sp³-hybridized carbons (Fsp3) is 0.500. The third kappa shape index (κ3) is 1.03. The number of nitrogens with one attached hydrogen (secondary N) is 1. The van der Waals surface area contributed by atoms with Crippen molar-refractivity contribution >= 4 is 5.84 Å². The van der Waals surface area contributed by atoms with Gasteiger partial charge in [-0.3, -0.25) is 4.99 Å². The summed E-state index contributed by atoms with van der Waals surface area (Å²) in [6, 6.07) is 8.68. The Morgan fingerprint density at radius 1 is 1.35 bits per heavy atom. The maximum absolute atomic E-state index is 5.79. The van der Waals surface area contributed by atoms with Gasteiger partial charge in [0.25, 0.3) is 0 Å². The van der Waals surface area contributed by atoms with Crippen molar-refractivity contribution in [3.63, 3.8) is 0 Å². The smallest absolute Gasteiger partial charge is 0.106 e. The van der Waals surface area contributed by atoms with Crippen molar-refractivity contribution in [2.24, 2.45) is 10.4 Å². The van der Waals surface area contributed by atoms with Gasteiger partial charge in [0.15, 0.2) is 0 Å². The Balaban J connectivity index is 1.83. The minimum Gasteiger partial charge on any atom is -0.376 e. The zero-order chi connectivity index (χ0) is 11.5. The molecule has 1 aromatic carbocycles. The third-order valence-electron chi connectivity index (χ3n) is 4.48. The first-order chi connectivity index (χ1) is 8.38. The molecule has 1 aromatic rings. The predicted octanol–water partition coefficient (Wildman–Crippen LogP) is 1.86. The summed E-state index contributed by atoms with van der Waals surface area (Å²) in [5.41, 5.74) is 2.97. The van der Waals surface area contributed by atoms with E-state index >= 15 is 0 Å². The van der Waals surface area contributed by atoms with Crippen LogP contribution in [0.1, 0.15) is 29.6 Å². The lowest BCUT2D eigenvalue weighted by molar-refractivity contribution is 0.0697.